The van der Waals surface area contributed by atoms with Crippen LogP contribution >= 0.6 is 0 Å². The minimum absolute atomic E-state index is 0.111. The van der Waals surface area contributed by atoms with E-state index in [0.29, 0.717) is 5.92 Å². The Balaban J connectivity index is 2.01. The van der Waals surface area contributed by atoms with Gasteiger partial charge in [0.25, 0.3) is 0 Å². The van der Waals surface area contributed by atoms with Crippen LogP contribution in [0.5, 0.6) is 0 Å². The fourth-order valence-corrected chi connectivity index (χ4v) is 2.29. The van der Waals surface area contributed by atoms with Gasteiger partial charge in [0, 0.05) is 11.8 Å². The molecule has 22 heavy (non-hydrogen) atoms. The van der Waals surface area contributed by atoms with Gasteiger partial charge in [-0.25, -0.2) is 0 Å². The second-order valence-electron chi connectivity index (χ2n) is 5.96. The molecule has 0 spiro atoms. The predicted molar refractivity (Wildman–Crippen MR) is 94.1 cm³/mol. The van der Waals surface area contributed by atoms with Crippen LogP contribution in [0.25, 0.3) is 6.08 Å². The van der Waals surface area contributed by atoms with Gasteiger partial charge in [-0.1, -0.05) is 55.8 Å². The Bertz CT molecular complexity index is 681. The molecule has 0 aliphatic heterocycles. The molecule has 114 valence electrons. The Morgan fingerprint density at radius 2 is 1.73 bits per heavy atom. The molecule has 0 unspecified atom stereocenters. The molecule has 0 aliphatic rings. The summed E-state index contributed by atoms with van der Waals surface area (Å²) in [6, 6.07) is 14.3. The van der Waals surface area contributed by atoms with Gasteiger partial charge in [0.2, 0.25) is 5.91 Å². The molecule has 2 heteroatoms. The highest BCUT2D eigenvalue weighted by Gasteiger charge is 2.02. The van der Waals surface area contributed by atoms with Gasteiger partial charge in [-0.05, 0) is 48.6 Å². The normalized spacial score (nSPS) is 11.1. The van der Waals surface area contributed by atoms with Gasteiger partial charge >= 0.3 is 0 Å². The standard InChI is InChI=1S/C20H23NO/c1-14(2)18-9-6-17(7-10-18)8-12-20(22)21-19-11-5-15(3)13-16(19)4/h5-14H,1-4H3,(H,21,22). The average Bonchev–Trinajstić information content (AvgIpc) is 2.48. The van der Waals surface area contributed by atoms with Crippen molar-refractivity contribution in [2.45, 2.75) is 33.6 Å². The van der Waals surface area contributed by atoms with Crippen LogP contribution < -0.4 is 5.32 Å². The van der Waals surface area contributed by atoms with Crippen molar-refractivity contribution in [1.82, 2.24) is 0 Å². The molecule has 0 bridgehead atoms. The number of anilines is 1. The quantitative estimate of drug-likeness (QED) is 0.783. The molecule has 1 N–H and O–H groups in total. The number of hydrogen-bond acceptors (Lipinski definition) is 1. The van der Waals surface area contributed by atoms with E-state index in [4.69, 9.17) is 0 Å². The maximum Gasteiger partial charge on any atom is 0.248 e. The predicted octanol–water partition coefficient (Wildman–Crippen LogP) is 5.08. The van der Waals surface area contributed by atoms with Crippen molar-refractivity contribution < 1.29 is 4.79 Å². The zero-order chi connectivity index (χ0) is 16.1. The molecule has 1 amide bonds. The first-order valence-corrected chi connectivity index (χ1v) is 7.62. The summed E-state index contributed by atoms with van der Waals surface area (Å²) in [5.74, 6) is 0.408. The summed E-state index contributed by atoms with van der Waals surface area (Å²) in [5, 5.41) is 2.91. The molecule has 2 aromatic rings. The van der Waals surface area contributed by atoms with Crippen molar-refractivity contribution in [3.8, 4) is 0 Å². The van der Waals surface area contributed by atoms with E-state index in [-0.39, 0.29) is 5.91 Å². The summed E-state index contributed by atoms with van der Waals surface area (Å²) >= 11 is 0. The SMILES string of the molecule is Cc1ccc(NC(=O)C=Cc2ccc(C(C)C)cc2)c(C)c1. The number of aryl methyl sites for hydroxylation is 2. The minimum Gasteiger partial charge on any atom is -0.322 e. The van der Waals surface area contributed by atoms with Crippen LogP contribution in [0.2, 0.25) is 0 Å². The second-order valence-corrected chi connectivity index (χ2v) is 5.96. The fourth-order valence-electron chi connectivity index (χ4n) is 2.29. The van der Waals surface area contributed by atoms with E-state index in [0.717, 1.165) is 16.8 Å². The van der Waals surface area contributed by atoms with E-state index in [1.165, 1.54) is 11.1 Å². The largest absolute Gasteiger partial charge is 0.322 e. The van der Waals surface area contributed by atoms with Crippen LogP contribution in [0, 0.1) is 13.8 Å². The van der Waals surface area contributed by atoms with Gasteiger partial charge in [0.1, 0.15) is 0 Å². The Morgan fingerprint density at radius 1 is 1.05 bits per heavy atom. The van der Waals surface area contributed by atoms with Gasteiger partial charge in [-0.2, -0.15) is 0 Å². The van der Waals surface area contributed by atoms with Crippen LogP contribution in [-0.4, -0.2) is 5.91 Å². The molecule has 0 heterocycles. The Hall–Kier alpha value is -2.35. The molecule has 0 fully saturated rings. The van der Waals surface area contributed by atoms with Gasteiger partial charge in [-0.3, -0.25) is 4.79 Å². The van der Waals surface area contributed by atoms with Crippen LogP contribution in [0.1, 0.15) is 42.0 Å². The van der Waals surface area contributed by atoms with Crippen molar-refractivity contribution in [3.05, 3.63) is 70.8 Å². The van der Waals surface area contributed by atoms with Crippen molar-refractivity contribution in [2.75, 3.05) is 5.32 Å². The molecule has 0 saturated heterocycles. The van der Waals surface area contributed by atoms with E-state index in [1.54, 1.807) is 6.08 Å². The van der Waals surface area contributed by atoms with E-state index in [9.17, 15) is 4.79 Å². The van der Waals surface area contributed by atoms with Crippen LogP contribution in [0.3, 0.4) is 0 Å². The van der Waals surface area contributed by atoms with Gasteiger partial charge < -0.3 is 5.32 Å². The van der Waals surface area contributed by atoms with E-state index in [2.05, 4.69) is 37.4 Å². The molecule has 2 rings (SSSR count). The lowest BCUT2D eigenvalue weighted by Gasteiger charge is -2.07. The molecular formula is C20H23NO. The number of hydrogen-bond donors (Lipinski definition) is 1. The highest BCUT2D eigenvalue weighted by molar-refractivity contribution is 6.02. The summed E-state index contributed by atoms with van der Waals surface area (Å²) in [6.07, 6.45) is 3.41. The summed E-state index contributed by atoms with van der Waals surface area (Å²) < 4.78 is 0. The Morgan fingerprint density at radius 3 is 2.32 bits per heavy atom. The molecule has 2 nitrogen and oxygen atoms in total. The number of amides is 1. The van der Waals surface area contributed by atoms with Gasteiger partial charge in [0.05, 0.1) is 0 Å². The summed E-state index contributed by atoms with van der Waals surface area (Å²) in [6.45, 7) is 8.38. The molecule has 0 aliphatic carbocycles. The molecule has 0 atom stereocenters. The summed E-state index contributed by atoms with van der Waals surface area (Å²) in [4.78, 5) is 12.0. The first-order valence-electron chi connectivity index (χ1n) is 7.62. The summed E-state index contributed by atoms with van der Waals surface area (Å²) in [7, 11) is 0. The van der Waals surface area contributed by atoms with Crippen molar-refractivity contribution in [1.29, 1.82) is 0 Å². The van der Waals surface area contributed by atoms with E-state index < -0.39 is 0 Å². The lowest BCUT2D eigenvalue weighted by atomic mass is 10.0. The smallest absolute Gasteiger partial charge is 0.248 e. The Labute approximate surface area is 132 Å². The van der Waals surface area contributed by atoms with Gasteiger partial charge in [0.15, 0.2) is 0 Å². The monoisotopic (exact) mass is 293 g/mol. The van der Waals surface area contributed by atoms with Crippen molar-refractivity contribution in [2.24, 2.45) is 0 Å². The minimum atomic E-state index is -0.111. The molecule has 0 radical (unpaired) electrons. The van der Waals surface area contributed by atoms with Gasteiger partial charge in [-0.15, -0.1) is 0 Å². The molecule has 0 aromatic heterocycles. The first kappa shape index (κ1) is 16.0. The molecular weight excluding hydrogens is 270 g/mol. The van der Waals surface area contributed by atoms with Crippen molar-refractivity contribution in [3.63, 3.8) is 0 Å². The number of carbonyl (C=O) groups excluding carboxylic acids is 1. The highest BCUT2D eigenvalue weighted by atomic mass is 16.1. The van der Waals surface area contributed by atoms with E-state index >= 15 is 0 Å². The van der Waals surface area contributed by atoms with Crippen LogP contribution in [-0.2, 0) is 4.79 Å². The third-order valence-electron chi connectivity index (χ3n) is 3.67. The molecule has 0 saturated carbocycles. The zero-order valence-electron chi connectivity index (χ0n) is 13.7. The maximum atomic E-state index is 12.0. The molecule has 2 aromatic carbocycles. The average molecular weight is 293 g/mol. The highest BCUT2D eigenvalue weighted by Crippen LogP contribution is 2.17. The third kappa shape index (κ3) is 4.32. The fraction of sp³-hybridized carbons (Fsp3) is 0.250. The topological polar surface area (TPSA) is 29.1 Å². The number of nitrogens with one attached hydrogen (secondary N) is 1. The second kappa shape index (κ2) is 7.08. The number of benzene rings is 2. The lowest BCUT2D eigenvalue weighted by molar-refractivity contribution is -0.111. The Kier molecular flexibility index (Phi) is 5.16. The number of carbonyl (C=O) groups is 1. The lowest BCUT2D eigenvalue weighted by Crippen LogP contribution is -2.08. The summed E-state index contributed by atoms with van der Waals surface area (Å²) in [5.41, 5.74) is 5.45. The van der Waals surface area contributed by atoms with Crippen molar-refractivity contribution >= 4 is 17.7 Å². The van der Waals surface area contributed by atoms with Crippen LogP contribution in [0.15, 0.2) is 48.5 Å². The maximum absolute atomic E-state index is 12.0. The first-order chi connectivity index (χ1) is 10.5. The zero-order valence-corrected chi connectivity index (χ0v) is 13.7. The van der Waals surface area contributed by atoms with Crippen LogP contribution in [0.4, 0.5) is 5.69 Å². The third-order valence-corrected chi connectivity index (χ3v) is 3.67. The number of rotatable bonds is 4. The van der Waals surface area contributed by atoms with E-state index in [1.807, 2.05) is 44.2 Å².